The zero-order valence-electron chi connectivity index (χ0n) is 17.1. The molecule has 35 heavy (non-hydrogen) atoms. The molecular formula is C13H17FN3O15P3. The van der Waals surface area contributed by atoms with Gasteiger partial charge in [-0.2, -0.15) is 18.0 Å². The monoisotopic (exact) mass is 567 g/mol. The van der Waals surface area contributed by atoms with Crippen LogP contribution in [0.15, 0.2) is 15.8 Å². The van der Waals surface area contributed by atoms with E-state index in [1.807, 2.05) is 4.98 Å². The van der Waals surface area contributed by atoms with E-state index in [1.165, 1.54) is 6.92 Å². The lowest BCUT2D eigenvalue weighted by Gasteiger charge is -2.19. The lowest BCUT2D eigenvalue weighted by molar-refractivity contribution is -0.0227. The number of phosphoric ester groups is 1. The molecule has 1 aliphatic rings. The van der Waals surface area contributed by atoms with E-state index in [4.69, 9.17) is 19.4 Å². The molecule has 6 atom stereocenters. The van der Waals surface area contributed by atoms with Crippen molar-refractivity contribution in [2.24, 2.45) is 0 Å². The number of aliphatic hydroxyl groups is 2. The van der Waals surface area contributed by atoms with Gasteiger partial charge in [-0.05, 0) is 6.92 Å². The van der Waals surface area contributed by atoms with Crippen LogP contribution in [0.25, 0.3) is 5.78 Å². The Hall–Kier alpha value is -1.69. The molecule has 1 aliphatic heterocycles. The minimum Gasteiger partial charge on any atom is -0.387 e. The molecule has 2 aromatic heterocycles. The molecule has 1 saturated heterocycles. The van der Waals surface area contributed by atoms with E-state index >= 15 is 0 Å². The van der Waals surface area contributed by atoms with E-state index in [9.17, 15) is 42.8 Å². The van der Waals surface area contributed by atoms with Crippen LogP contribution in [0.3, 0.4) is 0 Å². The van der Waals surface area contributed by atoms with Gasteiger partial charge in [0.15, 0.2) is 0 Å². The van der Waals surface area contributed by atoms with Crippen molar-refractivity contribution in [3.05, 3.63) is 44.0 Å². The molecule has 0 aliphatic carbocycles. The van der Waals surface area contributed by atoms with Crippen LogP contribution in [0, 0.1) is 12.7 Å². The van der Waals surface area contributed by atoms with Crippen LogP contribution in [-0.2, 0) is 31.6 Å². The van der Waals surface area contributed by atoms with Crippen LogP contribution in [0.4, 0.5) is 4.39 Å². The summed E-state index contributed by atoms with van der Waals surface area (Å²) < 4.78 is 65.4. The first-order valence-electron chi connectivity index (χ1n) is 9.02. The van der Waals surface area contributed by atoms with Crippen molar-refractivity contribution < 1.29 is 65.8 Å². The molecule has 196 valence electrons. The first kappa shape index (κ1) is 27.9. The van der Waals surface area contributed by atoms with Gasteiger partial charge in [-0.3, -0.25) is 23.5 Å². The molecular weight excluding hydrogens is 550 g/mol. The van der Waals surface area contributed by atoms with Crippen LogP contribution in [0.5, 0.6) is 0 Å². The van der Waals surface area contributed by atoms with Crippen molar-refractivity contribution in [3.63, 3.8) is 0 Å². The number of aromatic amines is 1. The van der Waals surface area contributed by atoms with Gasteiger partial charge in [-0.1, -0.05) is 0 Å². The van der Waals surface area contributed by atoms with Crippen molar-refractivity contribution in [1.29, 1.82) is 0 Å². The maximum absolute atomic E-state index is 13.9. The average Bonchev–Trinajstić information content (AvgIpc) is 2.96. The summed E-state index contributed by atoms with van der Waals surface area (Å²) in [5, 5.41) is 20.5. The van der Waals surface area contributed by atoms with Gasteiger partial charge in [-0.15, -0.1) is 0 Å². The predicted octanol–water partition coefficient (Wildman–Crippen LogP) is -1.66. The number of H-pyrrole nitrogens is 1. The summed E-state index contributed by atoms with van der Waals surface area (Å²) in [5.41, 5.74) is -2.85. The van der Waals surface area contributed by atoms with Crippen LogP contribution in [0.1, 0.15) is 17.4 Å². The van der Waals surface area contributed by atoms with E-state index in [0.717, 1.165) is 10.6 Å². The van der Waals surface area contributed by atoms with Crippen LogP contribution in [-0.4, -0.2) is 69.1 Å². The highest BCUT2D eigenvalue weighted by atomic mass is 31.3. The van der Waals surface area contributed by atoms with Gasteiger partial charge in [0.1, 0.15) is 24.4 Å². The third kappa shape index (κ3) is 6.36. The molecule has 0 spiro atoms. The van der Waals surface area contributed by atoms with Gasteiger partial charge in [0.2, 0.25) is 11.6 Å². The molecule has 22 heteroatoms. The Labute approximate surface area is 192 Å². The molecule has 1 fully saturated rings. The number of hydrogen-bond donors (Lipinski definition) is 7. The first-order chi connectivity index (χ1) is 15.9. The van der Waals surface area contributed by atoms with Crippen LogP contribution >= 0.6 is 23.5 Å². The van der Waals surface area contributed by atoms with Gasteiger partial charge in [0, 0.05) is 6.20 Å². The number of aryl methyl sites for hydroxylation is 1. The SMILES string of the molecule is Cc1c(F)c(=O)[nH]c2nc(=O)c([C@@H]3O[C@H](COP(=O)(O)OP(=O)(O)OP(=O)(O)O)C(O)[C@@H]3O)cn12. The summed E-state index contributed by atoms with van der Waals surface area (Å²) in [6, 6.07) is 0. The molecule has 3 heterocycles. The van der Waals surface area contributed by atoms with Gasteiger partial charge in [-0.25, -0.2) is 13.7 Å². The molecule has 0 bridgehead atoms. The van der Waals surface area contributed by atoms with Crippen LogP contribution in [0.2, 0.25) is 0 Å². The Bertz CT molecular complexity index is 1400. The Balaban J connectivity index is 1.80. The maximum Gasteiger partial charge on any atom is 0.490 e. The second-order valence-corrected chi connectivity index (χ2v) is 11.4. The van der Waals surface area contributed by atoms with Gasteiger partial charge in [0.25, 0.3) is 11.1 Å². The van der Waals surface area contributed by atoms with Gasteiger partial charge >= 0.3 is 23.5 Å². The molecule has 7 N–H and O–H groups in total. The normalized spacial score (nSPS) is 26.5. The molecule has 3 rings (SSSR count). The van der Waals surface area contributed by atoms with Crippen LogP contribution < -0.4 is 11.1 Å². The molecule has 3 unspecified atom stereocenters. The zero-order chi connectivity index (χ0) is 26.5. The molecule has 2 aromatic rings. The summed E-state index contributed by atoms with van der Waals surface area (Å²) in [5.74, 6) is -1.52. The number of nitrogens with one attached hydrogen (secondary N) is 1. The van der Waals surface area contributed by atoms with Gasteiger partial charge < -0.3 is 34.5 Å². The number of aromatic nitrogens is 3. The highest BCUT2D eigenvalue weighted by Gasteiger charge is 2.47. The Morgan fingerprint density at radius 3 is 2.34 bits per heavy atom. The fourth-order valence-corrected chi connectivity index (χ4v) is 6.08. The minimum atomic E-state index is -5.79. The minimum absolute atomic E-state index is 0.255. The third-order valence-electron chi connectivity index (χ3n) is 4.54. The summed E-state index contributed by atoms with van der Waals surface area (Å²) in [4.78, 5) is 65.1. The summed E-state index contributed by atoms with van der Waals surface area (Å²) in [6.45, 7) is 0.0848. The van der Waals surface area contributed by atoms with Crippen molar-refractivity contribution >= 4 is 29.2 Å². The second-order valence-electron chi connectivity index (χ2n) is 7.01. The van der Waals surface area contributed by atoms with Gasteiger partial charge in [0.05, 0.1) is 17.9 Å². The number of hydrogen-bond acceptors (Lipinski definition) is 12. The Morgan fingerprint density at radius 2 is 1.74 bits per heavy atom. The standard InChI is InChI=1S/C13H17FN3O15P3/c1-4-7(14)12(21)16-13-15-11(20)5(2-17(4)13)10-9(19)8(18)6(30-10)3-29-34(25,26)32-35(27,28)31-33(22,23)24/h2,6,8-10,18-19H,3H2,1H3,(H,25,26)(H,27,28)(H2,22,23,24)(H,15,16,20,21)/t6-,8?,9+,10+/m1/s1. The van der Waals surface area contributed by atoms with E-state index in [0.29, 0.717) is 0 Å². The highest BCUT2D eigenvalue weighted by Crippen LogP contribution is 2.66. The summed E-state index contributed by atoms with van der Waals surface area (Å²) in [6.07, 6.45) is -6.05. The zero-order valence-corrected chi connectivity index (χ0v) is 19.7. The fourth-order valence-electron chi connectivity index (χ4n) is 3.05. The lowest BCUT2D eigenvalue weighted by atomic mass is 10.0. The number of halogens is 1. The topological polar surface area (TPSA) is 277 Å². The molecule has 0 aromatic carbocycles. The number of ether oxygens (including phenoxy) is 1. The molecule has 0 radical (unpaired) electrons. The largest absolute Gasteiger partial charge is 0.490 e. The Kier molecular flexibility index (Phi) is 7.68. The van der Waals surface area contributed by atoms with Crippen molar-refractivity contribution in [2.75, 3.05) is 6.61 Å². The van der Waals surface area contributed by atoms with E-state index in [1.54, 1.807) is 0 Å². The summed E-state index contributed by atoms with van der Waals surface area (Å²) >= 11 is 0. The van der Waals surface area contributed by atoms with Crippen molar-refractivity contribution in [3.8, 4) is 0 Å². The molecule has 0 saturated carbocycles. The Morgan fingerprint density at radius 1 is 1.11 bits per heavy atom. The number of nitrogens with zero attached hydrogens (tertiary/aromatic N) is 2. The highest BCUT2D eigenvalue weighted by molar-refractivity contribution is 7.66. The van der Waals surface area contributed by atoms with E-state index in [-0.39, 0.29) is 11.5 Å². The predicted molar refractivity (Wildman–Crippen MR) is 106 cm³/mol. The number of rotatable bonds is 8. The maximum atomic E-state index is 13.9. The number of phosphoric acid groups is 3. The van der Waals surface area contributed by atoms with Crippen molar-refractivity contribution in [1.82, 2.24) is 14.4 Å². The lowest BCUT2D eigenvalue weighted by Crippen LogP contribution is -2.34. The molecule has 18 nitrogen and oxygen atoms in total. The second kappa shape index (κ2) is 9.64. The molecule has 0 amide bonds. The average molecular weight is 567 g/mol. The first-order valence-corrected chi connectivity index (χ1v) is 13.5. The smallest absolute Gasteiger partial charge is 0.387 e. The van der Waals surface area contributed by atoms with E-state index < -0.39 is 77.0 Å². The summed E-state index contributed by atoms with van der Waals surface area (Å²) in [7, 11) is -17.0. The number of fused-ring (bicyclic) bond motifs is 1. The quantitative estimate of drug-likeness (QED) is 0.176. The fraction of sp³-hybridized carbons (Fsp3) is 0.462. The third-order valence-corrected chi connectivity index (χ3v) is 8.34. The van der Waals surface area contributed by atoms with E-state index in [2.05, 4.69) is 18.1 Å². The van der Waals surface area contributed by atoms with Crippen molar-refractivity contribution in [2.45, 2.75) is 31.3 Å². The number of aliphatic hydroxyl groups excluding tert-OH is 2.